The number of nitrogens with zero attached hydrogens (tertiary/aromatic N) is 5. The van der Waals surface area contributed by atoms with Gasteiger partial charge in [-0.25, -0.2) is 4.98 Å². The van der Waals surface area contributed by atoms with E-state index in [1.54, 1.807) is 12.1 Å². The maximum atomic E-state index is 8.86. The Labute approximate surface area is 97.9 Å². The molecule has 17 heavy (non-hydrogen) atoms. The number of aromatic nitrogens is 5. The van der Waals surface area contributed by atoms with Crippen LogP contribution in [0.4, 0.5) is 5.82 Å². The second-order valence-electron chi connectivity index (χ2n) is 3.63. The number of rotatable bonds is 3. The van der Waals surface area contributed by atoms with Gasteiger partial charge in [0.1, 0.15) is 5.82 Å². The molecule has 7 nitrogen and oxygen atoms in total. The fraction of sp³-hybridized carbons (Fsp3) is 0.300. The van der Waals surface area contributed by atoms with Gasteiger partial charge in [0.25, 0.3) is 0 Å². The van der Waals surface area contributed by atoms with Crippen LogP contribution in [-0.4, -0.2) is 25.6 Å². The standard InChI is InChI=1S/C10H11N7/c1-6-3-8(5-11)4-9(12-6)13-7(2)10-14-16-17-15-10/h3-4,7H,1-2H3,(H,12,13)(H,14,15,16,17). The minimum absolute atomic E-state index is 0.130. The maximum Gasteiger partial charge on any atom is 0.196 e. The van der Waals surface area contributed by atoms with Crippen molar-refractivity contribution < 1.29 is 0 Å². The van der Waals surface area contributed by atoms with E-state index in [-0.39, 0.29) is 6.04 Å². The summed E-state index contributed by atoms with van der Waals surface area (Å²) in [7, 11) is 0. The molecule has 0 aliphatic heterocycles. The zero-order chi connectivity index (χ0) is 12.3. The molecule has 2 aromatic rings. The molecule has 0 aliphatic rings. The Morgan fingerprint density at radius 1 is 1.47 bits per heavy atom. The second kappa shape index (κ2) is 4.57. The van der Waals surface area contributed by atoms with Crippen molar-refractivity contribution >= 4 is 5.82 Å². The van der Waals surface area contributed by atoms with Gasteiger partial charge in [-0.1, -0.05) is 5.21 Å². The lowest BCUT2D eigenvalue weighted by Crippen LogP contribution is -2.10. The molecule has 2 aromatic heterocycles. The Balaban J connectivity index is 2.19. The number of nitrogens with one attached hydrogen (secondary N) is 2. The third-order valence-corrected chi connectivity index (χ3v) is 2.20. The minimum atomic E-state index is -0.130. The van der Waals surface area contributed by atoms with Gasteiger partial charge >= 0.3 is 0 Å². The summed E-state index contributed by atoms with van der Waals surface area (Å²) in [5.74, 6) is 1.17. The van der Waals surface area contributed by atoms with E-state index in [1.807, 2.05) is 13.8 Å². The number of anilines is 1. The van der Waals surface area contributed by atoms with Crippen LogP contribution < -0.4 is 5.32 Å². The van der Waals surface area contributed by atoms with E-state index in [0.29, 0.717) is 17.2 Å². The van der Waals surface area contributed by atoms with Crippen LogP contribution in [0, 0.1) is 18.3 Å². The van der Waals surface area contributed by atoms with Crippen molar-refractivity contribution in [3.63, 3.8) is 0 Å². The molecule has 2 heterocycles. The number of pyridine rings is 1. The van der Waals surface area contributed by atoms with Gasteiger partial charge in [0.2, 0.25) is 0 Å². The predicted octanol–water partition coefficient (Wildman–Crippen LogP) is 0.948. The summed E-state index contributed by atoms with van der Waals surface area (Å²) in [6, 6.07) is 5.37. The van der Waals surface area contributed by atoms with Gasteiger partial charge in [0, 0.05) is 5.69 Å². The van der Waals surface area contributed by atoms with Crippen molar-refractivity contribution in [2.45, 2.75) is 19.9 Å². The first kappa shape index (κ1) is 11.0. The predicted molar refractivity (Wildman–Crippen MR) is 59.9 cm³/mol. The Morgan fingerprint density at radius 2 is 2.29 bits per heavy atom. The summed E-state index contributed by atoms with van der Waals surface area (Å²) in [5, 5.41) is 25.6. The molecule has 0 saturated carbocycles. The van der Waals surface area contributed by atoms with E-state index in [2.05, 4.69) is 37.0 Å². The van der Waals surface area contributed by atoms with E-state index in [4.69, 9.17) is 5.26 Å². The van der Waals surface area contributed by atoms with Crippen molar-refractivity contribution in [1.82, 2.24) is 25.6 Å². The highest BCUT2D eigenvalue weighted by Crippen LogP contribution is 2.15. The molecule has 2 N–H and O–H groups in total. The first-order valence-electron chi connectivity index (χ1n) is 5.07. The van der Waals surface area contributed by atoms with Crippen LogP contribution in [0.25, 0.3) is 0 Å². The highest BCUT2D eigenvalue weighted by molar-refractivity contribution is 5.45. The van der Waals surface area contributed by atoms with E-state index >= 15 is 0 Å². The molecule has 0 spiro atoms. The SMILES string of the molecule is Cc1cc(C#N)cc(NC(C)c2nn[nH]n2)n1. The second-order valence-corrected chi connectivity index (χ2v) is 3.63. The summed E-state index contributed by atoms with van der Waals surface area (Å²) in [6.45, 7) is 3.73. The molecular formula is C10H11N7. The number of H-pyrrole nitrogens is 1. The maximum absolute atomic E-state index is 8.86. The van der Waals surface area contributed by atoms with E-state index < -0.39 is 0 Å². The van der Waals surface area contributed by atoms with Gasteiger partial charge in [-0.2, -0.15) is 10.5 Å². The zero-order valence-electron chi connectivity index (χ0n) is 9.47. The van der Waals surface area contributed by atoms with Gasteiger partial charge in [-0.3, -0.25) is 0 Å². The average Bonchev–Trinajstić information content (AvgIpc) is 2.81. The number of nitriles is 1. The molecule has 86 valence electrons. The van der Waals surface area contributed by atoms with Crippen molar-refractivity contribution in [3.05, 3.63) is 29.2 Å². The summed E-state index contributed by atoms with van der Waals surface area (Å²) in [6.07, 6.45) is 0. The van der Waals surface area contributed by atoms with Crippen molar-refractivity contribution in [2.24, 2.45) is 0 Å². The van der Waals surface area contributed by atoms with Gasteiger partial charge in [0.05, 0.1) is 17.7 Å². The van der Waals surface area contributed by atoms with Crippen LogP contribution in [0.2, 0.25) is 0 Å². The lowest BCUT2D eigenvalue weighted by atomic mass is 10.2. The third-order valence-electron chi connectivity index (χ3n) is 2.20. The first-order chi connectivity index (χ1) is 8.19. The number of hydrogen-bond acceptors (Lipinski definition) is 6. The number of hydrogen-bond donors (Lipinski definition) is 2. The molecule has 0 aromatic carbocycles. The normalized spacial score (nSPS) is 11.8. The molecular weight excluding hydrogens is 218 g/mol. The number of aromatic amines is 1. The van der Waals surface area contributed by atoms with Crippen LogP contribution in [0.3, 0.4) is 0 Å². The monoisotopic (exact) mass is 229 g/mol. The van der Waals surface area contributed by atoms with E-state index in [0.717, 1.165) is 5.69 Å². The molecule has 1 atom stereocenters. The summed E-state index contributed by atoms with van der Waals surface area (Å²) < 4.78 is 0. The molecule has 0 amide bonds. The number of aryl methyl sites for hydroxylation is 1. The highest BCUT2D eigenvalue weighted by Gasteiger charge is 2.11. The van der Waals surface area contributed by atoms with Crippen molar-refractivity contribution in [3.8, 4) is 6.07 Å². The molecule has 1 unspecified atom stereocenters. The highest BCUT2D eigenvalue weighted by atomic mass is 15.5. The Morgan fingerprint density at radius 3 is 2.94 bits per heavy atom. The average molecular weight is 229 g/mol. The summed E-state index contributed by atoms with van der Waals surface area (Å²) in [4.78, 5) is 4.28. The molecule has 0 fully saturated rings. The quantitative estimate of drug-likeness (QED) is 0.812. The van der Waals surface area contributed by atoms with Crippen LogP contribution in [0.5, 0.6) is 0 Å². The van der Waals surface area contributed by atoms with Gasteiger partial charge in [-0.05, 0) is 26.0 Å². The fourth-order valence-electron chi connectivity index (χ4n) is 1.45. The van der Waals surface area contributed by atoms with E-state index in [1.165, 1.54) is 0 Å². The molecule has 2 rings (SSSR count). The lowest BCUT2D eigenvalue weighted by Gasteiger charge is -2.11. The molecule has 0 saturated heterocycles. The lowest BCUT2D eigenvalue weighted by molar-refractivity contribution is 0.787. The van der Waals surface area contributed by atoms with Gasteiger partial charge < -0.3 is 5.32 Å². The topological polar surface area (TPSA) is 103 Å². The smallest absolute Gasteiger partial charge is 0.196 e. The Hall–Kier alpha value is -2.49. The molecule has 0 aliphatic carbocycles. The molecule has 0 bridgehead atoms. The zero-order valence-corrected chi connectivity index (χ0v) is 9.47. The largest absolute Gasteiger partial charge is 0.360 e. The van der Waals surface area contributed by atoms with Crippen LogP contribution in [0.1, 0.15) is 30.0 Å². The minimum Gasteiger partial charge on any atom is -0.360 e. The van der Waals surface area contributed by atoms with Crippen molar-refractivity contribution in [2.75, 3.05) is 5.32 Å². The molecule has 7 heteroatoms. The van der Waals surface area contributed by atoms with Gasteiger partial charge in [-0.15, -0.1) is 10.2 Å². The van der Waals surface area contributed by atoms with Gasteiger partial charge in [0.15, 0.2) is 5.82 Å². The summed E-state index contributed by atoms with van der Waals surface area (Å²) >= 11 is 0. The number of tetrazole rings is 1. The fourth-order valence-corrected chi connectivity index (χ4v) is 1.45. The Kier molecular flexibility index (Phi) is 2.96. The third kappa shape index (κ3) is 2.55. The molecule has 0 radical (unpaired) electrons. The van der Waals surface area contributed by atoms with E-state index in [9.17, 15) is 0 Å². The Bertz CT molecular complexity index is 540. The van der Waals surface area contributed by atoms with Crippen LogP contribution in [-0.2, 0) is 0 Å². The van der Waals surface area contributed by atoms with Crippen molar-refractivity contribution in [1.29, 1.82) is 5.26 Å². The van der Waals surface area contributed by atoms with Crippen LogP contribution >= 0.6 is 0 Å². The first-order valence-corrected chi connectivity index (χ1v) is 5.07. The summed E-state index contributed by atoms with van der Waals surface area (Å²) in [5.41, 5.74) is 1.35. The van der Waals surface area contributed by atoms with Crippen LogP contribution in [0.15, 0.2) is 12.1 Å².